The van der Waals surface area contributed by atoms with Crippen molar-refractivity contribution in [2.75, 3.05) is 26.4 Å². The molecule has 0 spiro atoms. The predicted molar refractivity (Wildman–Crippen MR) is 84.5 cm³/mol. The highest BCUT2D eigenvalue weighted by Gasteiger charge is 2.04. The molecule has 2 N–H and O–H groups in total. The fraction of sp³-hybridized carbons (Fsp3) is 0.812. The van der Waals surface area contributed by atoms with Crippen LogP contribution in [0.2, 0.25) is 0 Å². The first-order valence-corrected chi connectivity index (χ1v) is 7.95. The van der Waals surface area contributed by atoms with Gasteiger partial charge in [-0.2, -0.15) is 0 Å². The first-order valence-electron chi connectivity index (χ1n) is 7.95. The smallest absolute Gasteiger partial charge is 0.221 e. The number of nitrogens with one attached hydrogen (secondary N) is 1. The Balaban J connectivity index is 3.51. The number of aliphatic hydroxyl groups is 1. The number of rotatable bonds is 14. The van der Waals surface area contributed by atoms with Crippen molar-refractivity contribution in [2.45, 2.75) is 58.3 Å². The van der Waals surface area contributed by atoms with E-state index in [-0.39, 0.29) is 5.91 Å². The Kier molecular flexibility index (Phi) is 13.9. The lowest BCUT2D eigenvalue weighted by Gasteiger charge is -2.20. The minimum absolute atomic E-state index is 0.104. The Hall–Kier alpha value is -0.870. The van der Waals surface area contributed by atoms with Gasteiger partial charge in [-0.1, -0.05) is 38.7 Å². The monoisotopic (exact) mass is 284 g/mol. The van der Waals surface area contributed by atoms with Crippen LogP contribution < -0.4 is 5.32 Å². The maximum absolute atomic E-state index is 11.5. The highest BCUT2D eigenvalue weighted by molar-refractivity contribution is 5.75. The fourth-order valence-electron chi connectivity index (χ4n) is 2.02. The van der Waals surface area contributed by atoms with Gasteiger partial charge in [0, 0.05) is 13.0 Å². The van der Waals surface area contributed by atoms with Gasteiger partial charge in [0.25, 0.3) is 0 Å². The highest BCUT2D eigenvalue weighted by atomic mass is 16.2. The maximum Gasteiger partial charge on any atom is 0.221 e. The Morgan fingerprint density at radius 1 is 1.20 bits per heavy atom. The molecule has 0 aliphatic rings. The van der Waals surface area contributed by atoms with Gasteiger partial charge in [0.1, 0.15) is 0 Å². The summed E-state index contributed by atoms with van der Waals surface area (Å²) in [6, 6.07) is 0. The molecule has 0 atom stereocenters. The van der Waals surface area contributed by atoms with Crippen LogP contribution in [0.15, 0.2) is 12.7 Å². The number of nitrogens with zero attached hydrogens (tertiary/aromatic N) is 1. The first kappa shape index (κ1) is 19.1. The molecule has 4 nitrogen and oxygen atoms in total. The summed E-state index contributed by atoms with van der Waals surface area (Å²) in [5, 5.41) is 11.6. The zero-order valence-electron chi connectivity index (χ0n) is 13.1. The second-order valence-electron chi connectivity index (χ2n) is 5.14. The molecule has 0 aromatic rings. The van der Waals surface area contributed by atoms with E-state index in [0.29, 0.717) is 19.7 Å². The second kappa shape index (κ2) is 14.5. The van der Waals surface area contributed by atoms with Crippen LogP contribution in [0, 0.1) is 0 Å². The Morgan fingerprint density at radius 2 is 1.85 bits per heavy atom. The summed E-state index contributed by atoms with van der Waals surface area (Å²) in [4.78, 5) is 13.8. The summed E-state index contributed by atoms with van der Waals surface area (Å²) in [6.45, 7) is 8.71. The number of hydrogen-bond acceptors (Lipinski definition) is 3. The molecule has 20 heavy (non-hydrogen) atoms. The molecule has 0 fully saturated rings. The van der Waals surface area contributed by atoms with Crippen LogP contribution in [-0.2, 0) is 4.79 Å². The second-order valence-corrected chi connectivity index (χ2v) is 5.14. The van der Waals surface area contributed by atoms with E-state index in [2.05, 4.69) is 23.7 Å². The summed E-state index contributed by atoms with van der Waals surface area (Å²) in [7, 11) is 0. The molecule has 0 saturated heterocycles. The Bertz CT molecular complexity index is 245. The van der Waals surface area contributed by atoms with E-state index in [1.165, 1.54) is 25.7 Å². The SMILES string of the molecule is C=CCCC(=O)NCN(CC)CCCCCCCCO. The lowest BCUT2D eigenvalue weighted by atomic mass is 10.1. The van der Waals surface area contributed by atoms with Crippen LogP contribution in [0.4, 0.5) is 0 Å². The largest absolute Gasteiger partial charge is 0.396 e. The van der Waals surface area contributed by atoms with E-state index in [1.54, 1.807) is 6.08 Å². The maximum atomic E-state index is 11.5. The molecule has 0 aromatic heterocycles. The van der Waals surface area contributed by atoms with Crippen LogP contribution >= 0.6 is 0 Å². The van der Waals surface area contributed by atoms with Crippen LogP contribution in [0.5, 0.6) is 0 Å². The van der Waals surface area contributed by atoms with Crippen LogP contribution in [0.3, 0.4) is 0 Å². The van der Waals surface area contributed by atoms with Crippen molar-refractivity contribution < 1.29 is 9.90 Å². The lowest BCUT2D eigenvalue weighted by Crippen LogP contribution is -2.37. The molecule has 0 saturated carbocycles. The minimum Gasteiger partial charge on any atom is -0.396 e. The zero-order valence-corrected chi connectivity index (χ0v) is 13.1. The van der Waals surface area contributed by atoms with Gasteiger partial charge >= 0.3 is 0 Å². The Labute approximate surface area is 124 Å². The zero-order chi connectivity index (χ0) is 15.1. The highest BCUT2D eigenvalue weighted by Crippen LogP contribution is 2.05. The molecule has 1 amide bonds. The van der Waals surface area contributed by atoms with Gasteiger partial charge in [0.15, 0.2) is 0 Å². The first-order chi connectivity index (χ1) is 9.74. The van der Waals surface area contributed by atoms with Crippen LogP contribution in [0.25, 0.3) is 0 Å². The molecule has 0 bridgehead atoms. The quantitative estimate of drug-likeness (QED) is 0.293. The van der Waals surface area contributed by atoms with Gasteiger partial charge in [0.2, 0.25) is 5.91 Å². The fourth-order valence-corrected chi connectivity index (χ4v) is 2.02. The standard InChI is InChI=1S/C16H32N2O2/c1-3-5-12-16(20)17-15-18(4-2)13-10-8-6-7-9-11-14-19/h3,19H,1,4-15H2,2H3,(H,17,20). The topological polar surface area (TPSA) is 52.6 Å². The van der Waals surface area contributed by atoms with E-state index < -0.39 is 0 Å². The van der Waals surface area contributed by atoms with Crippen LogP contribution in [0.1, 0.15) is 58.3 Å². The predicted octanol–water partition coefficient (Wildman–Crippen LogP) is 2.68. The summed E-state index contributed by atoms with van der Waals surface area (Å²) in [5.41, 5.74) is 0. The average molecular weight is 284 g/mol. The number of allylic oxidation sites excluding steroid dienone is 1. The van der Waals surface area contributed by atoms with Gasteiger partial charge in [-0.15, -0.1) is 6.58 Å². The number of carbonyl (C=O) groups is 1. The van der Waals surface area contributed by atoms with Gasteiger partial charge in [0.05, 0.1) is 6.67 Å². The van der Waals surface area contributed by atoms with Gasteiger partial charge in [-0.25, -0.2) is 0 Å². The van der Waals surface area contributed by atoms with E-state index in [9.17, 15) is 4.79 Å². The summed E-state index contributed by atoms with van der Waals surface area (Å²) < 4.78 is 0. The molecule has 0 aliphatic heterocycles. The molecule has 0 radical (unpaired) electrons. The molecule has 0 aliphatic carbocycles. The van der Waals surface area contributed by atoms with Gasteiger partial charge in [-0.05, 0) is 32.4 Å². The molecule has 0 heterocycles. The van der Waals surface area contributed by atoms with Gasteiger partial charge < -0.3 is 10.4 Å². The Morgan fingerprint density at radius 3 is 2.45 bits per heavy atom. The van der Waals surface area contributed by atoms with Crippen LogP contribution in [-0.4, -0.2) is 42.3 Å². The third-order valence-corrected chi connectivity index (χ3v) is 3.41. The van der Waals surface area contributed by atoms with Crippen molar-refractivity contribution in [3.05, 3.63) is 12.7 Å². The number of unbranched alkanes of at least 4 members (excludes halogenated alkanes) is 5. The van der Waals surface area contributed by atoms with Crippen molar-refractivity contribution >= 4 is 5.91 Å². The van der Waals surface area contributed by atoms with E-state index in [4.69, 9.17) is 5.11 Å². The molecule has 0 rings (SSSR count). The molecular formula is C16H32N2O2. The molecule has 0 aromatic carbocycles. The third-order valence-electron chi connectivity index (χ3n) is 3.41. The number of carbonyl (C=O) groups excluding carboxylic acids is 1. The van der Waals surface area contributed by atoms with Crippen molar-refractivity contribution in [1.82, 2.24) is 10.2 Å². The number of hydrogen-bond donors (Lipinski definition) is 2. The molecule has 4 heteroatoms. The minimum atomic E-state index is 0.104. The summed E-state index contributed by atoms with van der Waals surface area (Å²) >= 11 is 0. The number of aliphatic hydroxyl groups excluding tert-OH is 1. The summed E-state index contributed by atoms with van der Waals surface area (Å²) in [6.07, 6.45) is 9.97. The van der Waals surface area contributed by atoms with Crippen molar-refractivity contribution in [3.8, 4) is 0 Å². The average Bonchev–Trinajstić information content (AvgIpc) is 2.47. The van der Waals surface area contributed by atoms with Crippen molar-refractivity contribution in [3.63, 3.8) is 0 Å². The van der Waals surface area contributed by atoms with E-state index >= 15 is 0 Å². The third kappa shape index (κ3) is 12.2. The lowest BCUT2D eigenvalue weighted by molar-refractivity contribution is -0.121. The van der Waals surface area contributed by atoms with E-state index in [1.807, 2.05) is 0 Å². The molecular weight excluding hydrogens is 252 g/mol. The molecule has 0 unspecified atom stereocenters. The normalized spacial score (nSPS) is 10.8. The number of amides is 1. The van der Waals surface area contributed by atoms with E-state index in [0.717, 1.165) is 32.4 Å². The van der Waals surface area contributed by atoms with Crippen molar-refractivity contribution in [2.24, 2.45) is 0 Å². The molecule has 118 valence electrons. The van der Waals surface area contributed by atoms with Crippen molar-refractivity contribution in [1.29, 1.82) is 0 Å². The van der Waals surface area contributed by atoms with Gasteiger partial charge in [-0.3, -0.25) is 9.69 Å². The summed E-state index contributed by atoms with van der Waals surface area (Å²) in [5.74, 6) is 0.104.